The molecule has 0 aliphatic carbocycles. The van der Waals surface area contributed by atoms with E-state index in [1.807, 2.05) is 12.3 Å². The molecule has 1 aliphatic heterocycles. The molecule has 9 heteroatoms. The van der Waals surface area contributed by atoms with Gasteiger partial charge in [0.1, 0.15) is 0 Å². The average Bonchev–Trinajstić information content (AvgIpc) is 3.08. The third-order valence-electron chi connectivity index (χ3n) is 3.32. The Bertz CT molecular complexity index is 709. The Morgan fingerprint density at radius 1 is 1.33 bits per heavy atom. The van der Waals surface area contributed by atoms with Crippen LogP contribution >= 0.6 is 36.2 Å². The first-order valence-corrected chi connectivity index (χ1v) is 7.90. The van der Waals surface area contributed by atoms with Crippen LogP contribution in [0.5, 0.6) is 11.5 Å². The molecule has 0 bridgehead atoms. The van der Waals surface area contributed by atoms with Crippen molar-refractivity contribution in [2.45, 2.75) is 26.2 Å². The zero-order chi connectivity index (χ0) is 15.5. The number of carbonyl (C=O) groups excluding carboxylic acids is 1. The Kier molecular flexibility index (Phi) is 7.59. The van der Waals surface area contributed by atoms with Gasteiger partial charge in [0, 0.05) is 23.9 Å². The summed E-state index contributed by atoms with van der Waals surface area (Å²) in [5.74, 6) is 1.13. The number of ether oxygens (including phenoxy) is 2. The lowest BCUT2D eigenvalue weighted by Gasteiger charge is -2.09. The zero-order valence-electron chi connectivity index (χ0n) is 13.0. The van der Waals surface area contributed by atoms with Crippen LogP contribution in [0.1, 0.15) is 23.5 Å². The van der Waals surface area contributed by atoms with Gasteiger partial charge in [-0.25, -0.2) is 4.98 Å². The maximum atomic E-state index is 12.0. The highest BCUT2D eigenvalue weighted by Gasteiger charge is 2.17. The third kappa shape index (κ3) is 4.90. The summed E-state index contributed by atoms with van der Waals surface area (Å²) in [5, 5.41) is 5.89. The van der Waals surface area contributed by atoms with Crippen LogP contribution in [-0.2, 0) is 11.2 Å². The summed E-state index contributed by atoms with van der Waals surface area (Å²) in [6.07, 6.45) is 1.97. The van der Waals surface area contributed by atoms with Gasteiger partial charge in [0.2, 0.25) is 12.7 Å². The normalized spacial score (nSPS) is 11.4. The van der Waals surface area contributed by atoms with Crippen molar-refractivity contribution in [2.24, 2.45) is 0 Å². The van der Waals surface area contributed by atoms with Crippen molar-refractivity contribution in [2.75, 3.05) is 17.8 Å². The fourth-order valence-electron chi connectivity index (χ4n) is 2.23. The first-order chi connectivity index (χ1) is 10.6. The highest BCUT2D eigenvalue weighted by molar-refractivity contribution is 7.09. The number of aromatic nitrogens is 1. The molecule has 0 saturated heterocycles. The lowest BCUT2D eigenvalue weighted by Crippen LogP contribution is -2.13. The molecule has 0 spiro atoms. The second kappa shape index (κ2) is 8.96. The minimum atomic E-state index is -0.0717. The molecule has 2 heterocycles. The fourth-order valence-corrected chi connectivity index (χ4v) is 2.88. The van der Waals surface area contributed by atoms with Gasteiger partial charge < -0.3 is 20.5 Å². The van der Waals surface area contributed by atoms with Gasteiger partial charge in [-0.1, -0.05) is 0 Å². The summed E-state index contributed by atoms with van der Waals surface area (Å²) < 4.78 is 10.5. The van der Waals surface area contributed by atoms with Crippen LogP contribution in [0.3, 0.4) is 0 Å². The number of benzene rings is 1. The number of halogens is 2. The topological polar surface area (TPSA) is 86.5 Å². The first kappa shape index (κ1) is 20.3. The van der Waals surface area contributed by atoms with E-state index in [1.165, 1.54) is 0 Å². The molecule has 1 amide bonds. The molecular weight excluding hydrogens is 373 g/mol. The van der Waals surface area contributed by atoms with E-state index in [4.69, 9.17) is 15.2 Å². The number of fused-ring (bicyclic) bond motifs is 1. The molecule has 1 aliphatic rings. The van der Waals surface area contributed by atoms with Gasteiger partial charge in [-0.15, -0.1) is 36.2 Å². The average molecular weight is 392 g/mol. The first-order valence-electron chi connectivity index (χ1n) is 7.02. The van der Waals surface area contributed by atoms with E-state index >= 15 is 0 Å². The molecule has 0 unspecified atom stereocenters. The smallest absolute Gasteiger partial charge is 0.231 e. The van der Waals surface area contributed by atoms with Crippen molar-refractivity contribution in [3.05, 3.63) is 28.2 Å². The van der Waals surface area contributed by atoms with Crippen molar-refractivity contribution < 1.29 is 14.3 Å². The van der Waals surface area contributed by atoms with Gasteiger partial charge in [-0.2, -0.15) is 0 Å². The third-order valence-corrected chi connectivity index (χ3v) is 4.14. The molecule has 0 atom stereocenters. The number of nitrogen functional groups attached to an aromatic ring is 1. The van der Waals surface area contributed by atoms with Crippen LogP contribution < -0.4 is 20.5 Å². The van der Waals surface area contributed by atoms with Crippen LogP contribution in [-0.4, -0.2) is 17.7 Å². The van der Waals surface area contributed by atoms with E-state index in [2.05, 4.69) is 10.3 Å². The number of nitrogens with one attached hydrogen (secondary N) is 1. The molecule has 132 valence electrons. The van der Waals surface area contributed by atoms with Crippen LogP contribution in [0.15, 0.2) is 17.5 Å². The maximum Gasteiger partial charge on any atom is 0.231 e. The highest BCUT2D eigenvalue weighted by atomic mass is 35.5. The monoisotopic (exact) mass is 391 g/mol. The van der Waals surface area contributed by atoms with Crippen LogP contribution in [0.2, 0.25) is 0 Å². The van der Waals surface area contributed by atoms with Crippen molar-refractivity contribution in [3.63, 3.8) is 0 Å². The number of carbonyl (C=O) groups is 1. The Labute approximate surface area is 156 Å². The Morgan fingerprint density at radius 2 is 2.04 bits per heavy atom. The van der Waals surface area contributed by atoms with Crippen molar-refractivity contribution in [3.8, 4) is 11.5 Å². The fraction of sp³-hybridized carbons (Fsp3) is 0.333. The number of amides is 1. The Morgan fingerprint density at radius 3 is 2.71 bits per heavy atom. The van der Waals surface area contributed by atoms with E-state index in [0.717, 1.165) is 23.5 Å². The molecular formula is C15H19Cl2N3O3S. The van der Waals surface area contributed by atoms with Gasteiger partial charge in [0.15, 0.2) is 11.5 Å². The lowest BCUT2D eigenvalue weighted by atomic mass is 10.2. The predicted octanol–water partition coefficient (Wildman–Crippen LogP) is 3.57. The number of hydrogen-bond acceptors (Lipinski definition) is 6. The van der Waals surface area contributed by atoms with Crippen molar-refractivity contribution >= 4 is 53.4 Å². The number of anilines is 2. The van der Waals surface area contributed by atoms with Gasteiger partial charge in [0.25, 0.3) is 0 Å². The van der Waals surface area contributed by atoms with Gasteiger partial charge in [-0.05, 0) is 19.8 Å². The van der Waals surface area contributed by atoms with Crippen LogP contribution in [0.25, 0.3) is 0 Å². The van der Waals surface area contributed by atoms with Crippen LogP contribution in [0, 0.1) is 6.92 Å². The maximum absolute atomic E-state index is 12.0. The molecule has 24 heavy (non-hydrogen) atoms. The Balaban J connectivity index is 0.00000144. The molecule has 0 fully saturated rings. The number of nitrogens with zero attached hydrogens (tertiary/aromatic N) is 1. The molecule has 3 N–H and O–H groups in total. The molecule has 0 radical (unpaired) electrons. The van der Waals surface area contributed by atoms with Gasteiger partial charge in [-0.3, -0.25) is 4.79 Å². The zero-order valence-corrected chi connectivity index (χ0v) is 15.5. The molecule has 0 saturated carbocycles. The van der Waals surface area contributed by atoms with Gasteiger partial charge in [0.05, 0.1) is 22.1 Å². The molecule has 1 aromatic heterocycles. The number of hydrogen-bond donors (Lipinski definition) is 2. The van der Waals surface area contributed by atoms with Crippen molar-refractivity contribution in [1.29, 1.82) is 0 Å². The number of nitrogens with two attached hydrogens (primary N) is 1. The quantitative estimate of drug-likeness (QED) is 0.760. The van der Waals surface area contributed by atoms with E-state index in [9.17, 15) is 4.79 Å². The summed E-state index contributed by atoms with van der Waals surface area (Å²) in [6.45, 7) is 2.16. The molecule has 2 aromatic rings. The molecule has 1 aromatic carbocycles. The molecule has 6 nitrogen and oxygen atoms in total. The van der Waals surface area contributed by atoms with E-state index in [-0.39, 0.29) is 37.5 Å². The standard InChI is InChI=1S/C15H17N3O3S.2ClH/c1-9-17-10(7-22-9)3-2-4-15(19)18-12-6-14-13(5-11(12)16)20-8-21-14;;/h5-7H,2-4,8,16H2,1H3,(H,18,19);2*1H. The number of rotatable bonds is 5. The van der Waals surface area contributed by atoms with Crippen molar-refractivity contribution in [1.82, 2.24) is 4.98 Å². The Hall–Kier alpha value is -1.70. The number of thiazole rings is 1. The molecule has 3 rings (SSSR count). The largest absolute Gasteiger partial charge is 0.454 e. The second-order valence-corrected chi connectivity index (χ2v) is 6.11. The van der Waals surface area contributed by atoms with E-state index < -0.39 is 0 Å². The summed E-state index contributed by atoms with van der Waals surface area (Å²) in [4.78, 5) is 16.4. The minimum Gasteiger partial charge on any atom is -0.454 e. The summed E-state index contributed by atoms with van der Waals surface area (Å²) in [5.41, 5.74) is 7.97. The SMILES string of the molecule is Cc1nc(CCCC(=O)Nc2cc3c(cc2N)OCO3)cs1.Cl.Cl. The number of aryl methyl sites for hydroxylation is 2. The predicted molar refractivity (Wildman–Crippen MR) is 99.9 cm³/mol. The lowest BCUT2D eigenvalue weighted by molar-refractivity contribution is -0.116. The summed E-state index contributed by atoms with van der Waals surface area (Å²) in [7, 11) is 0. The van der Waals surface area contributed by atoms with Crippen LogP contribution in [0.4, 0.5) is 11.4 Å². The second-order valence-electron chi connectivity index (χ2n) is 5.05. The highest BCUT2D eigenvalue weighted by Crippen LogP contribution is 2.38. The van der Waals surface area contributed by atoms with Gasteiger partial charge >= 0.3 is 0 Å². The van der Waals surface area contributed by atoms with E-state index in [0.29, 0.717) is 29.3 Å². The summed E-state index contributed by atoms with van der Waals surface area (Å²) in [6, 6.07) is 3.36. The van der Waals surface area contributed by atoms with E-state index in [1.54, 1.807) is 23.5 Å². The summed E-state index contributed by atoms with van der Waals surface area (Å²) >= 11 is 1.63. The minimum absolute atomic E-state index is 0.